The second-order valence-electron chi connectivity index (χ2n) is 4.91. The number of rotatable bonds is 6. The second kappa shape index (κ2) is 7.14. The Morgan fingerprint density at radius 1 is 1.32 bits per heavy atom. The zero-order valence-electron chi connectivity index (χ0n) is 12.1. The lowest BCUT2D eigenvalue weighted by molar-refractivity contribution is -0.124. The van der Waals surface area contributed by atoms with Crippen LogP contribution in [0.25, 0.3) is 0 Å². The van der Waals surface area contributed by atoms with Gasteiger partial charge in [0.1, 0.15) is 5.75 Å². The van der Waals surface area contributed by atoms with Gasteiger partial charge in [-0.1, -0.05) is 32.4 Å². The fourth-order valence-electron chi connectivity index (χ4n) is 1.80. The number of carbonyl (C=O) groups excluding carboxylic acids is 1. The van der Waals surface area contributed by atoms with E-state index in [2.05, 4.69) is 5.32 Å². The van der Waals surface area contributed by atoms with Crippen molar-refractivity contribution in [3.63, 3.8) is 0 Å². The van der Waals surface area contributed by atoms with Crippen molar-refractivity contribution in [1.29, 1.82) is 0 Å². The van der Waals surface area contributed by atoms with Gasteiger partial charge < -0.3 is 15.8 Å². The van der Waals surface area contributed by atoms with E-state index in [1.54, 1.807) is 7.11 Å². The van der Waals surface area contributed by atoms with Gasteiger partial charge in [0, 0.05) is 0 Å². The summed E-state index contributed by atoms with van der Waals surface area (Å²) in [5.41, 5.74) is 6.94. The van der Waals surface area contributed by atoms with Crippen LogP contribution in [0.1, 0.15) is 38.8 Å². The van der Waals surface area contributed by atoms with Crippen LogP contribution in [0.4, 0.5) is 0 Å². The number of ether oxygens (including phenoxy) is 1. The summed E-state index contributed by atoms with van der Waals surface area (Å²) in [5, 5.41) is 2.94. The molecule has 0 aliphatic rings. The van der Waals surface area contributed by atoms with E-state index in [1.807, 2.05) is 45.0 Å². The summed E-state index contributed by atoms with van der Waals surface area (Å²) in [5.74, 6) is 0.888. The van der Waals surface area contributed by atoms with Crippen LogP contribution < -0.4 is 15.8 Å². The molecular weight excluding hydrogens is 240 g/mol. The Morgan fingerprint density at radius 2 is 1.89 bits per heavy atom. The molecule has 0 aromatic heterocycles. The Bertz CT molecular complexity index is 403. The standard InChI is InChI=1S/C15H24N2O2/c1-5-10(2)14(16)15(18)17-11(3)12-6-8-13(19-4)9-7-12/h6-11,14H,5,16H2,1-4H3,(H,17,18)/t10?,11-,14?/m0/s1. The quantitative estimate of drug-likeness (QED) is 0.828. The molecule has 1 aromatic carbocycles. The zero-order chi connectivity index (χ0) is 14.4. The van der Waals surface area contributed by atoms with Gasteiger partial charge in [-0.15, -0.1) is 0 Å². The van der Waals surface area contributed by atoms with Crippen LogP contribution in [0.15, 0.2) is 24.3 Å². The average Bonchev–Trinajstić information content (AvgIpc) is 2.45. The van der Waals surface area contributed by atoms with E-state index in [0.717, 1.165) is 17.7 Å². The summed E-state index contributed by atoms with van der Waals surface area (Å²) < 4.78 is 5.11. The Labute approximate surface area is 115 Å². The maximum Gasteiger partial charge on any atom is 0.237 e. The molecule has 4 nitrogen and oxygen atoms in total. The van der Waals surface area contributed by atoms with Gasteiger partial charge in [0.05, 0.1) is 19.2 Å². The molecule has 3 N–H and O–H groups in total. The molecule has 1 aromatic rings. The first kappa shape index (κ1) is 15.5. The molecule has 0 fully saturated rings. The molecule has 1 rings (SSSR count). The van der Waals surface area contributed by atoms with Crippen molar-refractivity contribution in [2.24, 2.45) is 11.7 Å². The highest BCUT2D eigenvalue weighted by Crippen LogP contribution is 2.17. The maximum absolute atomic E-state index is 12.0. The van der Waals surface area contributed by atoms with Crippen LogP contribution >= 0.6 is 0 Å². The Hall–Kier alpha value is -1.55. The largest absolute Gasteiger partial charge is 0.497 e. The SMILES string of the molecule is CCC(C)C(N)C(=O)N[C@@H](C)c1ccc(OC)cc1. The number of nitrogens with one attached hydrogen (secondary N) is 1. The topological polar surface area (TPSA) is 64.4 Å². The van der Waals surface area contributed by atoms with Gasteiger partial charge in [-0.3, -0.25) is 4.79 Å². The van der Waals surface area contributed by atoms with Gasteiger partial charge >= 0.3 is 0 Å². The predicted molar refractivity (Wildman–Crippen MR) is 77.0 cm³/mol. The number of hydrogen-bond acceptors (Lipinski definition) is 3. The lowest BCUT2D eigenvalue weighted by Crippen LogP contribution is -2.45. The van der Waals surface area contributed by atoms with E-state index in [4.69, 9.17) is 10.5 Å². The minimum Gasteiger partial charge on any atom is -0.497 e. The molecule has 0 saturated heterocycles. The van der Waals surface area contributed by atoms with Crippen LogP contribution in [0.5, 0.6) is 5.75 Å². The normalized spacial score (nSPS) is 15.4. The molecule has 0 radical (unpaired) electrons. The first-order valence-electron chi connectivity index (χ1n) is 6.69. The second-order valence-corrected chi connectivity index (χ2v) is 4.91. The van der Waals surface area contributed by atoms with Gasteiger partial charge in [-0.05, 0) is 30.5 Å². The monoisotopic (exact) mass is 264 g/mol. The van der Waals surface area contributed by atoms with Crippen molar-refractivity contribution in [2.45, 2.75) is 39.3 Å². The molecule has 4 heteroatoms. The Morgan fingerprint density at radius 3 is 2.37 bits per heavy atom. The molecule has 0 aliphatic heterocycles. The molecule has 0 spiro atoms. The smallest absolute Gasteiger partial charge is 0.237 e. The van der Waals surface area contributed by atoms with Crippen molar-refractivity contribution < 1.29 is 9.53 Å². The average molecular weight is 264 g/mol. The lowest BCUT2D eigenvalue weighted by atomic mass is 9.98. The van der Waals surface area contributed by atoms with Crippen molar-refractivity contribution in [3.05, 3.63) is 29.8 Å². The lowest BCUT2D eigenvalue weighted by Gasteiger charge is -2.21. The fourth-order valence-corrected chi connectivity index (χ4v) is 1.80. The fraction of sp³-hybridized carbons (Fsp3) is 0.533. The van der Waals surface area contributed by atoms with Gasteiger partial charge in [-0.25, -0.2) is 0 Å². The van der Waals surface area contributed by atoms with Crippen LogP contribution in [-0.2, 0) is 4.79 Å². The molecule has 0 heterocycles. The Kier molecular flexibility index (Phi) is 5.83. The predicted octanol–water partition coefficient (Wildman–Crippen LogP) is 2.25. The third-order valence-electron chi connectivity index (χ3n) is 3.53. The van der Waals surface area contributed by atoms with Crippen LogP contribution in [0.2, 0.25) is 0 Å². The van der Waals surface area contributed by atoms with Crippen LogP contribution in [-0.4, -0.2) is 19.1 Å². The minimum atomic E-state index is -0.453. The summed E-state index contributed by atoms with van der Waals surface area (Å²) in [7, 11) is 1.63. The molecule has 0 bridgehead atoms. The molecule has 1 amide bonds. The number of amides is 1. The van der Waals surface area contributed by atoms with Gasteiger partial charge in [0.2, 0.25) is 5.91 Å². The molecular formula is C15H24N2O2. The third-order valence-corrected chi connectivity index (χ3v) is 3.53. The van der Waals surface area contributed by atoms with Crippen molar-refractivity contribution >= 4 is 5.91 Å². The third kappa shape index (κ3) is 4.24. The molecule has 19 heavy (non-hydrogen) atoms. The molecule has 2 unspecified atom stereocenters. The molecule has 106 valence electrons. The minimum absolute atomic E-state index is 0.0616. The molecule has 3 atom stereocenters. The first-order valence-corrected chi connectivity index (χ1v) is 6.69. The zero-order valence-corrected chi connectivity index (χ0v) is 12.1. The van der Waals surface area contributed by atoms with Crippen molar-refractivity contribution in [2.75, 3.05) is 7.11 Å². The Balaban J connectivity index is 2.63. The van der Waals surface area contributed by atoms with E-state index >= 15 is 0 Å². The maximum atomic E-state index is 12.0. The highest BCUT2D eigenvalue weighted by Gasteiger charge is 2.21. The van der Waals surface area contributed by atoms with Gasteiger partial charge in [0.15, 0.2) is 0 Å². The number of methoxy groups -OCH3 is 1. The van der Waals surface area contributed by atoms with E-state index in [1.165, 1.54) is 0 Å². The van der Waals surface area contributed by atoms with Crippen molar-refractivity contribution in [1.82, 2.24) is 5.32 Å². The van der Waals surface area contributed by atoms with Crippen molar-refractivity contribution in [3.8, 4) is 5.75 Å². The number of hydrogen-bond donors (Lipinski definition) is 2. The molecule has 0 saturated carbocycles. The highest BCUT2D eigenvalue weighted by molar-refractivity contribution is 5.82. The summed E-state index contributed by atoms with van der Waals surface area (Å²) in [6.07, 6.45) is 0.894. The summed E-state index contributed by atoms with van der Waals surface area (Å²) in [6.45, 7) is 5.97. The molecule has 0 aliphatic carbocycles. The van der Waals surface area contributed by atoms with E-state index < -0.39 is 6.04 Å². The highest BCUT2D eigenvalue weighted by atomic mass is 16.5. The van der Waals surface area contributed by atoms with Gasteiger partial charge in [0.25, 0.3) is 0 Å². The summed E-state index contributed by atoms with van der Waals surface area (Å²) in [4.78, 5) is 12.0. The van der Waals surface area contributed by atoms with Crippen LogP contribution in [0, 0.1) is 5.92 Å². The number of carbonyl (C=O) groups is 1. The summed E-state index contributed by atoms with van der Waals surface area (Å²) >= 11 is 0. The summed E-state index contributed by atoms with van der Waals surface area (Å²) in [6, 6.07) is 7.13. The number of nitrogens with two attached hydrogens (primary N) is 1. The number of benzene rings is 1. The van der Waals surface area contributed by atoms with E-state index in [0.29, 0.717) is 0 Å². The first-order chi connectivity index (χ1) is 8.99. The van der Waals surface area contributed by atoms with Crippen LogP contribution in [0.3, 0.4) is 0 Å². The van der Waals surface area contributed by atoms with E-state index in [9.17, 15) is 4.79 Å². The van der Waals surface area contributed by atoms with Gasteiger partial charge in [-0.2, -0.15) is 0 Å². The van der Waals surface area contributed by atoms with E-state index in [-0.39, 0.29) is 17.9 Å².